The van der Waals surface area contributed by atoms with E-state index in [0.717, 1.165) is 41.3 Å². The summed E-state index contributed by atoms with van der Waals surface area (Å²) < 4.78 is 5.78. The van der Waals surface area contributed by atoms with E-state index in [1.807, 2.05) is 50.2 Å². The predicted octanol–water partition coefficient (Wildman–Crippen LogP) is 5.31. The van der Waals surface area contributed by atoms with E-state index in [1.54, 1.807) is 0 Å². The minimum atomic E-state index is -0.0686. The van der Waals surface area contributed by atoms with Gasteiger partial charge in [-0.25, -0.2) is 0 Å². The van der Waals surface area contributed by atoms with Crippen LogP contribution in [0.3, 0.4) is 0 Å². The molecule has 4 heteroatoms. The minimum Gasteiger partial charge on any atom is -0.494 e. The predicted molar refractivity (Wildman–Crippen MR) is 109 cm³/mol. The first kappa shape index (κ1) is 19.8. The number of anilines is 2. The Morgan fingerprint density at radius 2 is 1.73 bits per heavy atom. The highest BCUT2D eigenvalue weighted by Gasteiger charge is 2.04. The van der Waals surface area contributed by atoms with Gasteiger partial charge in [-0.3, -0.25) is 4.79 Å². The molecule has 0 fully saturated rings. The number of unbranched alkanes of at least 4 members (excludes halogenated alkanes) is 3. The summed E-state index contributed by atoms with van der Waals surface area (Å²) in [5, 5.41) is 6.08. The van der Waals surface area contributed by atoms with Crippen LogP contribution in [0.5, 0.6) is 5.75 Å². The molecule has 2 N–H and O–H groups in total. The fourth-order valence-electron chi connectivity index (χ4n) is 2.85. The SMILES string of the molecule is CCCCCCOc1cccc(NCC(=O)Nc2cc(C)cc(C)c2)c1. The Kier molecular flexibility index (Phi) is 8.00. The van der Waals surface area contributed by atoms with Crippen LogP contribution in [0, 0.1) is 13.8 Å². The zero-order chi connectivity index (χ0) is 18.8. The third kappa shape index (κ3) is 7.18. The molecule has 2 aromatic rings. The molecule has 0 saturated heterocycles. The van der Waals surface area contributed by atoms with Crippen LogP contribution in [0.1, 0.15) is 43.7 Å². The molecule has 0 bridgehead atoms. The van der Waals surface area contributed by atoms with E-state index in [1.165, 1.54) is 19.3 Å². The first-order valence-electron chi connectivity index (χ1n) is 9.41. The van der Waals surface area contributed by atoms with Crippen molar-refractivity contribution in [3.8, 4) is 5.75 Å². The van der Waals surface area contributed by atoms with Gasteiger partial charge in [0.15, 0.2) is 0 Å². The fourth-order valence-corrected chi connectivity index (χ4v) is 2.85. The van der Waals surface area contributed by atoms with Crippen molar-refractivity contribution in [3.63, 3.8) is 0 Å². The molecule has 26 heavy (non-hydrogen) atoms. The van der Waals surface area contributed by atoms with E-state index in [9.17, 15) is 4.79 Å². The second kappa shape index (κ2) is 10.5. The molecular weight excluding hydrogens is 324 g/mol. The molecule has 1 amide bonds. The maximum Gasteiger partial charge on any atom is 0.243 e. The number of ether oxygens (including phenoxy) is 1. The van der Waals surface area contributed by atoms with E-state index in [0.29, 0.717) is 0 Å². The van der Waals surface area contributed by atoms with Crippen LogP contribution in [0.4, 0.5) is 11.4 Å². The number of amides is 1. The molecule has 4 nitrogen and oxygen atoms in total. The van der Waals surface area contributed by atoms with Gasteiger partial charge in [-0.2, -0.15) is 0 Å². The van der Waals surface area contributed by atoms with Gasteiger partial charge < -0.3 is 15.4 Å². The average Bonchev–Trinajstić information content (AvgIpc) is 2.59. The quantitative estimate of drug-likeness (QED) is 0.568. The first-order chi connectivity index (χ1) is 12.6. The van der Waals surface area contributed by atoms with Gasteiger partial charge in [0.25, 0.3) is 0 Å². The summed E-state index contributed by atoms with van der Waals surface area (Å²) >= 11 is 0. The third-order valence-corrected chi connectivity index (χ3v) is 4.06. The highest BCUT2D eigenvalue weighted by Crippen LogP contribution is 2.18. The Morgan fingerprint density at radius 3 is 2.46 bits per heavy atom. The molecule has 0 aliphatic heterocycles. The third-order valence-electron chi connectivity index (χ3n) is 4.06. The topological polar surface area (TPSA) is 50.4 Å². The van der Waals surface area contributed by atoms with E-state index in [-0.39, 0.29) is 12.5 Å². The lowest BCUT2D eigenvalue weighted by molar-refractivity contribution is -0.114. The van der Waals surface area contributed by atoms with Crippen LogP contribution in [0.25, 0.3) is 0 Å². The van der Waals surface area contributed by atoms with Gasteiger partial charge in [0.05, 0.1) is 13.2 Å². The molecule has 2 rings (SSSR count). The van der Waals surface area contributed by atoms with Gasteiger partial charge in [-0.05, 0) is 55.7 Å². The van der Waals surface area contributed by atoms with Crippen molar-refractivity contribution in [2.45, 2.75) is 46.5 Å². The van der Waals surface area contributed by atoms with Crippen molar-refractivity contribution in [2.24, 2.45) is 0 Å². The zero-order valence-corrected chi connectivity index (χ0v) is 16.1. The van der Waals surface area contributed by atoms with Crippen LogP contribution < -0.4 is 15.4 Å². The van der Waals surface area contributed by atoms with Crippen LogP contribution in [-0.2, 0) is 4.79 Å². The summed E-state index contributed by atoms with van der Waals surface area (Å²) in [6, 6.07) is 13.8. The number of aryl methyl sites for hydroxylation is 2. The smallest absolute Gasteiger partial charge is 0.243 e. The largest absolute Gasteiger partial charge is 0.494 e. The summed E-state index contributed by atoms with van der Waals surface area (Å²) in [5.41, 5.74) is 3.99. The van der Waals surface area contributed by atoms with E-state index >= 15 is 0 Å². The van der Waals surface area contributed by atoms with Gasteiger partial charge in [0.2, 0.25) is 5.91 Å². The molecule has 0 heterocycles. The summed E-state index contributed by atoms with van der Waals surface area (Å²) in [6.07, 6.45) is 4.75. The Hall–Kier alpha value is -2.49. The highest BCUT2D eigenvalue weighted by atomic mass is 16.5. The van der Waals surface area contributed by atoms with Gasteiger partial charge in [-0.15, -0.1) is 0 Å². The number of hydrogen-bond donors (Lipinski definition) is 2. The van der Waals surface area contributed by atoms with E-state index < -0.39 is 0 Å². The number of nitrogens with one attached hydrogen (secondary N) is 2. The highest BCUT2D eigenvalue weighted by molar-refractivity contribution is 5.93. The Bertz CT molecular complexity index is 693. The average molecular weight is 354 g/mol. The summed E-state index contributed by atoms with van der Waals surface area (Å²) in [5.74, 6) is 0.766. The Labute approximate surface area is 157 Å². The Balaban J connectivity index is 1.79. The van der Waals surface area contributed by atoms with Crippen molar-refractivity contribution < 1.29 is 9.53 Å². The molecular formula is C22H30N2O2. The Morgan fingerprint density at radius 1 is 0.962 bits per heavy atom. The van der Waals surface area contributed by atoms with E-state index in [2.05, 4.69) is 23.6 Å². The molecule has 0 unspecified atom stereocenters. The monoisotopic (exact) mass is 354 g/mol. The van der Waals surface area contributed by atoms with Crippen molar-refractivity contribution in [2.75, 3.05) is 23.8 Å². The molecule has 140 valence electrons. The standard InChI is InChI=1S/C22H30N2O2/c1-4-5-6-7-11-26-21-10-8-9-19(15-21)23-16-22(25)24-20-13-17(2)12-18(3)14-20/h8-10,12-15,23H,4-7,11,16H2,1-3H3,(H,24,25). The summed E-state index contributed by atoms with van der Waals surface area (Å²) in [7, 11) is 0. The van der Waals surface area contributed by atoms with Crippen molar-refractivity contribution in [1.29, 1.82) is 0 Å². The molecule has 0 atom stereocenters. The number of hydrogen-bond acceptors (Lipinski definition) is 3. The molecule has 0 aromatic heterocycles. The molecule has 0 radical (unpaired) electrons. The van der Waals surface area contributed by atoms with Gasteiger partial charge in [0, 0.05) is 17.4 Å². The molecule has 0 saturated carbocycles. The maximum atomic E-state index is 12.2. The minimum absolute atomic E-state index is 0.0686. The fraction of sp³-hybridized carbons (Fsp3) is 0.409. The van der Waals surface area contributed by atoms with E-state index in [4.69, 9.17) is 4.74 Å². The first-order valence-corrected chi connectivity index (χ1v) is 9.41. The van der Waals surface area contributed by atoms with Gasteiger partial charge >= 0.3 is 0 Å². The summed E-state index contributed by atoms with van der Waals surface area (Å²) in [6.45, 7) is 7.19. The lowest BCUT2D eigenvalue weighted by Gasteiger charge is -2.11. The number of carbonyl (C=O) groups is 1. The molecule has 2 aromatic carbocycles. The van der Waals surface area contributed by atoms with Crippen LogP contribution in [-0.4, -0.2) is 19.1 Å². The van der Waals surface area contributed by atoms with Crippen LogP contribution >= 0.6 is 0 Å². The van der Waals surface area contributed by atoms with Crippen LogP contribution in [0.15, 0.2) is 42.5 Å². The van der Waals surface area contributed by atoms with Crippen molar-refractivity contribution >= 4 is 17.3 Å². The number of carbonyl (C=O) groups excluding carboxylic acids is 1. The maximum absolute atomic E-state index is 12.2. The second-order valence-corrected chi connectivity index (χ2v) is 6.72. The summed E-state index contributed by atoms with van der Waals surface area (Å²) in [4.78, 5) is 12.2. The number of rotatable bonds is 10. The molecule has 0 spiro atoms. The molecule has 0 aliphatic rings. The van der Waals surface area contributed by atoms with Gasteiger partial charge in [0.1, 0.15) is 5.75 Å². The normalized spacial score (nSPS) is 10.4. The van der Waals surface area contributed by atoms with Crippen LogP contribution in [0.2, 0.25) is 0 Å². The molecule has 0 aliphatic carbocycles. The van der Waals surface area contributed by atoms with Crippen molar-refractivity contribution in [1.82, 2.24) is 0 Å². The number of benzene rings is 2. The lowest BCUT2D eigenvalue weighted by atomic mass is 10.1. The lowest BCUT2D eigenvalue weighted by Crippen LogP contribution is -2.21. The second-order valence-electron chi connectivity index (χ2n) is 6.72. The zero-order valence-electron chi connectivity index (χ0n) is 16.1. The van der Waals surface area contributed by atoms with Gasteiger partial charge in [-0.1, -0.05) is 38.3 Å². The van der Waals surface area contributed by atoms with Crippen molar-refractivity contribution in [3.05, 3.63) is 53.6 Å².